The first kappa shape index (κ1) is 32.8. The third kappa shape index (κ3) is 5.51. The van der Waals surface area contributed by atoms with Crippen LogP contribution in [0.2, 0.25) is 0 Å². The Bertz CT molecular complexity index is 3140. The minimum absolute atomic E-state index is 1.08. The molecule has 9 aromatic carbocycles. The van der Waals surface area contributed by atoms with Gasteiger partial charge in [0.1, 0.15) is 0 Å². The number of aromatic nitrogens is 2. The van der Waals surface area contributed by atoms with Gasteiger partial charge in [0.05, 0.1) is 22.1 Å². The van der Waals surface area contributed by atoms with Crippen LogP contribution in [0.5, 0.6) is 0 Å². The second-order valence-electron chi connectivity index (χ2n) is 14.6. The summed E-state index contributed by atoms with van der Waals surface area (Å²) < 4.78 is 4.80. The summed E-state index contributed by atoms with van der Waals surface area (Å²) in [7, 11) is 0. The fourth-order valence-corrected chi connectivity index (χ4v) is 8.74. The first-order chi connectivity index (χ1) is 28.3. The van der Waals surface area contributed by atoms with E-state index >= 15 is 0 Å². The molecule has 0 N–H and O–H groups in total. The first-order valence-electron chi connectivity index (χ1n) is 19.5. The number of hydrogen-bond acceptors (Lipinski definition) is 1. The van der Waals surface area contributed by atoms with Crippen molar-refractivity contribution in [3.63, 3.8) is 0 Å². The Labute approximate surface area is 331 Å². The minimum atomic E-state index is 1.08. The molecule has 11 rings (SSSR count). The van der Waals surface area contributed by atoms with Crippen LogP contribution in [-0.4, -0.2) is 9.13 Å². The van der Waals surface area contributed by atoms with Gasteiger partial charge < -0.3 is 14.0 Å². The number of nitrogens with zero attached hydrogens (tertiary/aromatic N) is 3. The summed E-state index contributed by atoms with van der Waals surface area (Å²) in [5.41, 5.74) is 15.1. The number of anilines is 3. The highest BCUT2D eigenvalue weighted by Gasteiger charge is 2.20. The smallest absolute Gasteiger partial charge is 0.0562 e. The molecule has 3 heteroatoms. The van der Waals surface area contributed by atoms with Crippen LogP contribution in [0.3, 0.4) is 0 Å². The van der Waals surface area contributed by atoms with Crippen molar-refractivity contribution in [1.82, 2.24) is 9.13 Å². The molecule has 0 spiro atoms. The van der Waals surface area contributed by atoms with Crippen molar-refractivity contribution in [2.75, 3.05) is 4.90 Å². The molecule has 0 saturated heterocycles. The van der Waals surface area contributed by atoms with E-state index < -0.39 is 0 Å². The monoisotopic (exact) mass is 727 g/mol. The Kier molecular flexibility index (Phi) is 7.82. The average Bonchev–Trinajstić information content (AvgIpc) is 3.81. The van der Waals surface area contributed by atoms with Gasteiger partial charge >= 0.3 is 0 Å². The van der Waals surface area contributed by atoms with Crippen LogP contribution in [0.15, 0.2) is 224 Å². The summed E-state index contributed by atoms with van der Waals surface area (Å²) >= 11 is 0. The predicted molar refractivity (Wildman–Crippen MR) is 241 cm³/mol. The number of rotatable bonds is 7. The fourth-order valence-electron chi connectivity index (χ4n) is 8.74. The topological polar surface area (TPSA) is 13.1 Å². The van der Waals surface area contributed by atoms with E-state index in [0.29, 0.717) is 0 Å². The van der Waals surface area contributed by atoms with Gasteiger partial charge in [0.15, 0.2) is 0 Å². The van der Waals surface area contributed by atoms with Crippen molar-refractivity contribution in [3.05, 3.63) is 224 Å². The van der Waals surface area contributed by atoms with E-state index in [1.54, 1.807) is 0 Å². The molecule has 3 nitrogen and oxygen atoms in total. The molecule has 0 amide bonds. The molecule has 0 bridgehead atoms. The van der Waals surface area contributed by atoms with Crippen LogP contribution in [0.4, 0.5) is 17.1 Å². The SMILES string of the molecule is c1ccc(-c2ccc(N(c3ccc(-n4c5ccccc5c5ccccc54)cc3)c3ccc4c5c(-c6ccccc6)cccc5n(-c5ccccc5)c4c3)cc2)cc1. The van der Waals surface area contributed by atoms with Crippen molar-refractivity contribution in [1.29, 1.82) is 0 Å². The second kappa shape index (κ2) is 13.6. The molecular weight excluding hydrogens is 691 g/mol. The normalized spacial score (nSPS) is 11.5. The van der Waals surface area contributed by atoms with E-state index in [0.717, 1.165) is 34.0 Å². The van der Waals surface area contributed by atoms with Crippen molar-refractivity contribution >= 4 is 60.7 Å². The van der Waals surface area contributed by atoms with Gasteiger partial charge in [0.2, 0.25) is 0 Å². The van der Waals surface area contributed by atoms with Crippen molar-refractivity contribution in [2.24, 2.45) is 0 Å². The Morgan fingerprint density at radius 3 is 1.40 bits per heavy atom. The lowest BCUT2D eigenvalue weighted by Crippen LogP contribution is -2.10. The molecule has 2 aromatic heterocycles. The van der Waals surface area contributed by atoms with Crippen LogP contribution >= 0.6 is 0 Å². The molecule has 0 aliphatic carbocycles. The fraction of sp³-hybridized carbons (Fsp3) is 0. The highest BCUT2D eigenvalue weighted by Crippen LogP contribution is 2.43. The molecule has 0 fully saturated rings. The Morgan fingerprint density at radius 2 is 0.754 bits per heavy atom. The molecule has 0 saturated carbocycles. The van der Waals surface area contributed by atoms with Crippen LogP contribution in [0.25, 0.3) is 77.2 Å². The van der Waals surface area contributed by atoms with E-state index in [1.807, 2.05) is 0 Å². The van der Waals surface area contributed by atoms with Crippen molar-refractivity contribution < 1.29 is 0 Å². The lowest BCUT2D eigenvalue weighted by atomic mass is 9.99. The number of hydrogen-bond donors (Lipinski definition) is 0. The standard InChI is InChI=1S/C54H37N3/c1-4-15-38(16-5-1)39-27-29-42(30-28-39)55(43-31-33-44(34-32-43)56-50-24-12-10-21-47(50)48-22-11-13-25-51(48)56)45-35-36-49-53(37-45)57(41-19-8-3-9-20-41)52-26-14-23-46(54(49)52)40-17-6-2-7-18-40/h1-37H. The molecule has 268 valence electrons. The molecule has 0 unspecified atom stereocenters. The van der Waals surface area contributed by atoms with Crippen molar-refractivity contribution in [3.8, 4) is 33.6 Å². The molecule has 0 atom stereocenters. The maximum absolute atomic E-state index is 2.42. The third-order valence-electron chi connectivity index (χ3n) is 11.3. The minimum Gasteiger partial charge on any atom is -0.310 e. The summed E-state index contributed by atoms with van der Waals surface area (Å²) in [5.74, 6) is 0. The molecular formula is C54H37N3. The van der Waals surface area contributed by atoms with E-state index in [2.05, 4.69) is 238 Å². The number of benzene rings is 9. The first-order valence-corrected chi connectivity index (χ1v) is 19.5. The molecule has 0 radical (unpaired) electrons. The second-order valence-corrected chi connectivity index (χ2v) is 14.6. The van der Waals surface area contributed by atoms with E-state index in [-0.39, 0.29) is 0 Å². The quantitative estimate of drug-likeness (QED) is 0.159. The van der Waals surface area contributed by atoms with Gasteiger partial charge in [0, 0.05) is 50.0 Å². The summed E-state index contributed by atoms with van der Waals surface area (Å²) in [6, 6.07) is 81.1. The van der Waals surface area contributed by atoms with Gasteiger partial charge in [-0.1, -0.05) is 146 Å². The molecule has 2 heterocycles. The molecule has 57 heavy (non-hydrogen) atoms. The lowest BCUT2D eigenvalue weighted by Gasteiger charge is -2.26. The zero-order valence-electron chi connectivity index (χ0n) is 31.2. The summed E-state index contributed by atoms with van der Waals surface area (Å²) in [6.07, 6.45) is 0. The maximum Gasteiger partial charge on any atom is 0.0562 e. The zero-order chi connectivity index (χ0) is 37.7. The highest BCUT2D eigenvalue weighted by atomic mass is 15.1. The number of fused-ring (bicyclic) bond motifs is 6. The van der Waals surface area contributed by atoms with Crippen molar-refractivity contribution in [2.45, 2.75) is 0 Å². The Balaban J connectivity index is 1.11. The largest absolute Gasteiger partial charge is 0.310 e. The summed E-state index contributed by atoms with van der Waals surface area (Å²) in [6.45, 7) is 0. The predicted octanol–water partition coefficient (Wildman–Crippen LogP) is 14.7. The van der Waals surface area contributed by atoms with Gasteiger partial charge in [-0.3, -0.25) is 0 Å². The average molecular weight is 728 g/mol. The van der Waals surface area contributed by atoms with Crippen LogP contribution < -0.4 is 4.90 Å². The summed E-state index contributed by atoms with van der Waals surface area (Å²) in [4.78, 5) is 2.38. The van der Waals surface area contributed by atoms with Gasteiger partial charge in [-0.15, -0.1) is 0 Å². The number of para-hydroxylation sites is 3. The van der Waals surface area contributed by atoms with E-state index in [9.17, 15) is 0 Å². The highest BCUT2D eigenvalue weighted by molar-refractivity contribution is 6.16. The van der Waals surface area contributed by atoms with Gasteiger partial charge in [-0.2, -0.15) is 0 Å². The molecule has 0 aliphatic rings. The van der Waals surface area contributed by atoms with Gasteiger partial charge in [0.25, 0.3) is 0 Å². The van der Waals surface area contributed by atoms with Crippen LogP contribution in [0, 0.1) is 0 Å². The van der Waals surface area contributed by atoms with Crippen LogP contribution in [-0.2, 0) is 0 Å². The Hall–Kier alpha value is -7.62. The van der Waals surface area contributed by atoms with E-state index in [1.165, 1.54) is 60.3 Å². The summed E-state index contributed by atoms with van der Waals surface area (Å²) in [5, 5.41) is 4.99. The van der Waals surface area contributed by atoms with Gasteiger partial charge in [-0.05, 0) is 101 Å². The molecule has 11 aromatic rings. The van der Waals surface area contributed by atoms with E-state index in [4.69, 9.17) is 0 Å². The zero-order valence-corrected chi connectivity index (χ0v) is 31.2. The third-order valence-corrected chi connectivity index (χ3v) is 11.3. The lowest BCUT2D eigenvalue weighted by molar-refractivity contribution is 1.17. The molecule has 0 aliphatic heterocycles. The maximum atomic E-state index is 2.42. The van der Waals surface area contributed by atoms with Gasteiger partial charge in [-0.25, -0.2) is 0 Å². The van der Waals surface area contributed by atoms with Crippen LogP contribution in [0.1, 0.15) is 0 Å². The Morgan fingerprint density at radius 1 is 0.281 bits per heavy atom.